The van der Waals surface area contributed by atoms with E-state index < -0.39 is 23.3 Å². The Hall–Kier alpha value is -14.8. The number of amides is 4. The molecule has 9 aromatic heterocycles. The maximum absolute atomic E-state index is 12.7. The number of rotatable bonds is 34. The molecule has 770 valence electrons. The molecule has 24 bridgehead atoms. The highest BCUT2D eigenvalue weighted by Crippen LogP contribution is 2.44. The summed E-state index contributed by atoms with van der Waals surface area (Å²) in [5, 5.41) is 53.4. The van der Waals surface area contributed by atoms with Crippen LogP contribution in [0.25, 0.3) is 170 Å². The van der Waals surface area contributed by atoms with E-state index in [0.29, 0.717) is 76.6 Å². The van der Waals surface area contributed by atoms with Crippen molar-refractivity contribution in [3.05, 3.63) is 247 Å². The first-order valence-corrected chi connectivity index (χ1v) is 50.0. The van der Waals surface area contributed by atoms with Crippen LogP contribution in [-0.4, -0.2) is 160 Å². The van der Waals surface area contributed by atoms with Crippen molar-refractivity contribution in [1.82, 2.24) is 81.1 Å². The molecule has 33 heteroatoms. The number of nitrogens with zero attached hydrogens (tertiary/aromatic N) is 6. The number of fused-ring (bicyclic) bond motifs is 24. The first-order valence-electron chi connectivity index (χ1n) is 48.5. The molecular weight excluding hydrogens is 1900 g/mol. The highest BCUT2D eigenvalue weighted by Gasteiger charge is 2.29. The Morgan fingerprint density at radius 1 is 0.306 bits per heavy atom. The highest BCUT2D eigenvalue weighted by molar-refractivity contribution is 7.17. The summed E-state index contributed by atoms with van der Waals surface area (Å²) in [5.41, 5.74) is 44.3. The van der Waals surface area contributed by atoms with Gasteiger partial charge in [-0.2, -0.15) is 0 Å². The van der Waals surface area contributed by atoms with Gasteiger partial charge in [0.15, 0.2) is 0 Å². The normalized spacial score (nSPS) is 12.5. The van der Waals surface area contributed by atoms with E-state index in [1.165, 1.54) is 0 Å². The zero-order valence-corrected chi connectivity index (χ0v) is 87.5. The van der Waals surface area contributed by atoms with E-state index in [4.69, 9.17) is 54.7 Å². The van der Waals surface area contributed by atoms with Crippen molar-refractivity contribution < 1.29 is 73.1 Å². The molecule has 0 radical (unpaired) electrons. The minimum atomic E-state index is -0.863. The average molecular weight is 2030 g/mol. The number of Topliss-reactive ketones (excluding diaryl/α,β-unsaturated/α-hetero) is 1. The number of H-pyrrole nitrogens is 6. The highest BCUT2D eigenvalue weighted by atomic mass is 31.1. The lowest BCUT2D eigenvalue weighted by atomic mass is 9.97. The summed E-state index contributed by atoms with van der Waals surface area (Å²) in [6.45, 7) is 56.3. The van der Waals surface area contributed by atoms with Crippen LogP contribution in [0, 0.1) is 41.5 Å². The van der Waals surface area contributed by atoms with Gasteiger partial charge in [-0.05, 0) is 314 Å². The third kappa shape index (κ3) is 26.9. The van der Waals surface area contributed by atoms with Gasteiger partial charge in [-0.1, -0.05) is 97.2 Å². The third-order valence-corrected chi connectivity index (χ3v) is 27.1. The summed E-state index contributed by atoms with van der Waals surface area (Å²) in [5.74, 6) is -0.996. The maximum Gasteiger partial charge on any atom is 0.358 e. The lowest BCUT2D eigenvalue weighted by Gasteiger charge is -2.08. The maximum atomic E-state index is 12.7. The van der Waals surface area contributed by atoms with E-state index in [2.05, 4.69) is 185 Å². The van der Waals surface area contributed by atoms with Gasteiger partial charge >= 0.3 is 23.3 Å². The Morgan fingerprint density at radius 2 is 0.490 bits per heavy atom. The van der Waals surface area contributed by atoms with E-state index in [0.717, 1.165) is 275 Å². The number of ketones is 1. The monoisotopic (exact) mass is 2030 g/mol. The number of carbonyl (C=O) groups is 6. The topological polar surface area (TPSA) is 476 Å². The summed E-state index contributed by atoms with van der Waals surface area (Å²) < 4.78 is 23.5. The van der Waals surface area contributed by atoms with Crippen molar-refractivity contribution in [1.29, 1.82) is 0 Å². The lowest BCUT2D eigenvalue weighted by molar-refractivity contribution is -0.137. The molecule has 9 aromatic rings. The van der Waals surface area contributed by atoms with E-state index in [-0.39, 0.29) is 82.4 Å². The van der Waals surface area contributed by atoms with E-state index in [9.17, 15) is 39.0 Å². The Morgan fingerprint density at radius 3 is 0.673 bits per heavy atom. The number of carbonyl (C=O) groups excluding carboxylic acids is 5. The summed E-state index contributed by atoms with van der Waals surface area (Å²) in [7, 11) is -1.39. The number of aryl methyl sites for hydroxylation is 6. The summed E-state index contributed by atoms with van der Waals surface area (Å²) in [6.07, 6.45) is 17.4. The first-order chi connectivity index (χ1) is 70.0. The van der Waals surface area contributed by atoms with Gasteiger partial charge in [0.2, 0.25) is 23.6 Å². The van der Waals surface area contributed by atoms with Crippen molar-refractivity contribution in [2.75, 3.05) is 39.4 Å². The zero-order chi connectivity index (χ0) is 106. The van der Waals surface area contributed by atoms with Crippen LogP contribution in [0.3, 0.4) is 0 Å². The number of aromatic amines is 6. The van der Waals surface area contributed by atoms with Crippen LogP contribution < -0.4 is 21.3 Å². The Bertz CT molecular complexity index is 7510. The molecule has 6 aliphatic rings. The number of hydrogen-bond donors (Lipinski definition) is 15. The molecule has 15 heterocycles. The number of aliphatic carboxylic acids is 1. The van der Waals surface area contributed by atoms with Gasteiger partial charge in [0.25, 0.3) is 0 Å². The fourth-order valence-corrected chi connectivity index (χ4v) is 18.7. The zero-order valence-electron chi connectivity index (χ0n) is 85.7. The minimum Gasteiger partial charge on any atom is -0.481 e. The van der Waals surface area contributed by atoms with Crippen LogP contribution in [0.4, 0.5) is 0 Å². The summed E-state index contributed by atoms with van der Waals surface area (Å²) >= 11 is 0. The van der Waals surface area contributed by atoms with Crippen molar-refractivity contribution >= 4 is 222 Å². The smallest absolute Gasteiger partial charge is 0.358 e. The molecule has 0 atom stereocenters. The van der Waals surface area contributed by atoms with Crippen LogP contribution in [-0.2, 0) is 47.2 Å². The van der Waals surface area contributed by atoms with Crippen molar-refractivity contribution in [3.63, 3.8) is 0 Å². The quantitative estimate of drug-likeness (QED) is 0.0101. The average Bonchev–Trinajstić information content (AvgIpc) is 1.62. The Labute approximate surface area is 859 Å². The van der Waals surface area contributed by atoms with E-state index in [1.54, 1.807) is 6.92 Å². The predicted molar refractivity (Wildman–Crippen MR) is 597 cm³/mol. The van der Waals surface area contributed by atoms with Crippen LogP contribution in [0.5, 0.6) is 0 Å². The van der Waals surface area contributed by atoms with Crippen molar-refractivity contribution in [2.24, 2.45) is 0 Å². The molecule has 0 fully saturated rings. The molecule has 0 spiro atoms. The second-order valence-corrected chi connectivity index (χ2v) is 36.7. The van der Waals surface area contributed by atoms with Crippen LogP contribution in [0.15, 0.2) is 112 Å². The second-order valence-electron chi connectivity index (χ2n) is 36.1. The fourth-order valence-electron chi connectivity index (χ4n) is 18.7. The van der Waals surface area contributed by atoms with Crippen molar-refractivity contribution in [2.45, 2.75) is 201 Å². The Kier molecular flexibility index (Phi) is 41.0. The van der Waals surface area contributed by atoms with E-state index in [1.807, 2.05) is 121 Å². The largest absolute Gasteiger partial charge is 0.481 e. The van der Waals surface area contributed by atoms with Gasteiger partial charge in [0.05, 0.1) is 81.5 Å². The molecule has 0 aromatic carbocycles. The van der Waals surface area contributed by atoms with Gasteiger partial charge < -0.3 is 71.3 Å². The summed E-state index contributed by atoms with van der Waals surface area (Å²) in [6, 6.07) is 24.5. The predicted octanol–water partition coefficient (Wildman–Crippen LogP) is 24.9. The Balaban J connectivity index is 0.000000217. The molecule has 0 saturated heterocycles. The van der Waals surface area contributed by atoms with Gasteiger partial charge in [-0.15, -0.1) is 9.35 Å². The standard InChI is InChI=1S/C39H46N6O3.2C37H41N5O3.CH4.2HO3P/c1-8-15-40-38(47)13-11-29-25(7)33-20-35-27(10-3)23(5)32(43-35)19-34-26(9-2)22(4)30(42-34)18-31-24(6)28(12-14-39(48)41-16-17-46)36(44-31)21-37(29)45-33;1-8-25-21(4)29-16-30-24(7)28(12-13-37(45)38-14-15-43)36(41-30)19-35-27(11-10-20(3)44)23(6)32(42-35)18-34-26(9-2)22(5)31(40-34)17-33(25)39-29;1-8-15-38-36(43)13-11-26-22(6)31-18-33-25(10-3)21(5)30(40-33)17-32-24(9-2)20(4)28(39-32)16-29-23(7)27(12-14-37(44)45)35(41-29)19-34(26)42-31;;2*1-3-4-2/h9-10,18-21,42-43,46H,2-3,8,11-17H2,1,4-7H3,(H,40,47)(H,41,48);8-9,16-19,39-40,43H,1-2,10-15H2,3-7H3,(H,38,45);9-10,16-19,39-40H,2-3,8,11-15H2,1,4-7H3,(H,38,43)(H,44,45);1H4;2*1H. The molecule has 4 amide bonds. The van der Waals surface area contributed by atoms with Crippen LogP contribution in [0.2, 0.25) is 0 Å². The lowest BCUT2D eigenvalue weighted by Crippen LogP contribution is -2.26. The number of carboxylic acid groups (broad SMARTS) is 1. The number of aromatic nitrogens is 12. The number of aliphatic hydroxyl groups excluding tert-OH is 2. The van der Waals surface area contributed by atoms with Gasteiger partial charge in [-0.3, -0.25) is 24.0 Å². The number of allylic oxidation sites excluding steroid dienone is 12. The third-order valence-electron chi connectivity index (χ3n) is 26.9. The molecule has 31 nitrogen and oxygen atoms in total. The molecule has 0 unspecified atom stereocenters. The van der Waals surface area contributed by atoms with E-state index >= 15 is 0 Å². The fraction of sp³-hybridized carbons (Fsp3) is 0.316. The SMILES string of the molecule is C.C=Cc1c(C)c2cc3[nH]c(cc4nc(cc5nc(cc1[nH]2)C(C)=C5CCC(=O)NCCC)C(CCC(=O)NCCO)=C4C)c(C)c3C=C.C=Cc1c(C)c2cc3[nH]c(cc4nc(cc5nc(cc1[nH]2)C(C)=C5CCC(=O)NCCC)C(CCC(=O)O)=C4C)c(C)c3C=C.C=Cc1c(C)c2cc3[nH]c(cc4nc(cc5nc(cc1[nH]2)C(C)=C5CCC(C)=O)C(CCC(=O)NCCO)=C4C)c(C)c3C=C.O=POO.O=POO. The molecule has 0 saturated carbocycles. The first kappa shape index (κ1) is 114. The van der Waals surface area contributed by atoms with Gasteiger partial charge in [0, 0.05) is 164 Å². The molecule has 6 aliphatic heterocycles. The minimum absolute atomic E-state index is 0. The molecule has 15 rings (SSSR count). The number of hydrogen-bond acceptors (Lipinski definition) is 20. The van der Waals surface area contributed by atoms with Gasteiger partial charge in [-0.25, -0.2) is 49.5 Å². The van der Waals surface area contributed by atoms with Crippen LogP contribution >= 0.6 is 17.4 Å². The second kappa shape index (κ2) is 52.8. The molecule has 147 heavy (non-hydrogen) atoms. The van der Waals surface area contributed by atoms with Gasteiger partial charge in [0.1, 0.15) is 5.78 Å². The van der Waals surface area contributed by atoms with Crippen molar-refractivity contribution in [3.8, 4) is 0 Å². The number of aliphatic hydroxyl groups is 2. The number of carboxylic acids is 1. The summed E-state index contributed by atoms with van der Waals surface area (Å²) in [4.78, 5) is 126. The molecule has 0 aliphatic carbocycles. The van der Waals surface area contributed by atoms with Crippen LogP contribution in [0.1, 0.15) is 295 Å². The molecular formula is C114H134N16O15P2. The molecule has 15 N–H and O–H groups in total. The number of nitrogens with one attached hydrogen (secondary N) is 10.